The van der Waals surface area contributed by atoms with Gasteiger partial charge in [0.05, 0.1) is 53.2 Å². The van der Waals surface area contributed by atoms with Crippen LogP contribution in [0.4, 0.5) is 15.9 Å². The van der Waals surface area contributed by atoms with E-state index in [0.29, 0.717) is 23.0 Å². The number of benzene rings is 3. The summed E-state index contributed by atoms with van der Waals surface area (Å²) in [4.78, 5) is 22.1. The molecule has 232 valence electrons. The Hall–Kier alpha value is -4.97. The molecule has 13 heteroatoms. The number of hydrogen-bond acceptors (Lipinski definition) is 11. The van der Waals surface area contributed by atoms with E-state index >= 15 is 4.39 Å². The molecule has 0 aliphatic rings. The van der Waals surface area contributed by atoms with Gasteiger partial charge in [-0.2, -0.15) is 0 Å². The molecule has 0 unspecified atom stereocenters. The van der Waals surface area contributed by atoms with Gasteiger partial charge in [-0.3, -0.25) is 0 Å². The molecule has 4 rings (SSSR count). The predicted molar refractivity (Wildman–Crippen MR) is 164 cm³/mol. The van der Waals surface area contributed by atoms with E-state index < -0.39 is 11.8 Å². The number of nitrogens with zero attached hydrogens (tertiary/aromatic N) is 2. The highest BCUT2D eigenvalue weighted by atomic mass is 35.5. The second kappa shape index (κ2) is 14.5. The SMILES string of the molecule is COC(=O)c1nc(-c2ccc(Cl)c(OC)c2F)nc(NCc2ccc(OC)cc2OC)c1NCc1ccc(OC)cc1OC. The van der Waals surface area contributed by atoms with Crippen LogP contribution in [0, 0.1) is 5.82 Å². The van der Waals surface area contributed by atoms with Gasteiger partial charge in [-0.25, -0.2) is 19.2 Å². The van der Waals surface area contributed by atoms with Crippen molar-refractivity contribution in [3.63, 3.8) is 0 Å². The van der Waals surface area contributed by atoms with Crippen molar-refractivity contribution < 1.29 is 37.6 Å². The van der Waals surface area contributed by atoms with Crippen molar-refractivity contribution in [2.45, 2.75) is 13.1 Å². The third-order valence-electron chi connectivity index (χ3n) is 6.67. The molecule has 1 aromatic heterocycles. The smallest absolute Gasteiger partial charge is 0.359 e. The largest absolute Gasteiger partial charge is 0.497 e. The minimum absolute atomic E-state index is 0.0372. The molecule has 0 aliphatic heterocycles. The van der Waals surface area contributed by atoms with E-state index in [9.17, 15) is 4.79 Å². The number of esters is 1. The van der Waals surface area contributed by atoms with Gasteiger partial charge in [0.2, 0.25) is 0 Å². The number of hydrogen-bond donors (Lipinski definition) is 2. The van der Waals surface area contributed by atoms with Crippen molar-refractivity contribution in [1.82, 2.24) is 9.97 Å². The average molecular weight is 627 g/mol. The summed E-state index contributed by atoms with van der Waals surface area (Å²) in [6, 6.07) is 13.6. The fourth-order valence-electron chi connectivity index (χ4n) is 4.37. The third kappa shape index (κ3) is 6.81. The first kappa shape index (κ1) is 32.0. The van der Waals surface area contributed by atoms with Crippen LogP contribution in [0.3, 0.4) is 0 Å². The lowest BCUT2D eigenvalue weighted by Crippen LogP contribution is -2.16. The van der Waals surface area contributed by atoms with Gasteiger partial charge in [0, 0.05) is 36.3 Å². The molecule has 44 heavy (non-hydrogen) atoms. The number of anilines is 2. The lowest BCUT2D eigenvalue weighted by molar-refractivity contribution is 0.0595. The minimum Gasteiger partial charge on any atom is -0.497 e. The number of halogens is 2. The summed E-state index contributed by atoms with van der Waals surface area (Å²) in [5.74, 6) is 0.691. The molecule has 0 saturated carbocycles. The molecular formula is C31H32ClFN4O7. The second-order valence-corrected chi connectivity index (χ2v) is 9.52. The Morgan fingerprint density at radius 3 is 1.89 bits per heavy atom. The molecule has 0 fully saturated rings. The van der Waals surface area contributed by atoms with E-state index in [1.165, 1.54) is 26.4 Å². The van der Waals surface area contributed by atoms with Crippen molar-refractivity contribution in [3.8, 4) is 40.1 Å². The van der Waals surface area contributed by atoms with Crippen LogP contribution in [-0.2, 0) is 17.8 Å². The molecule has 0 radical (unpaired) electrons. The highest BCUT2D eigenvalue weighted by Crippen LogP contribution is 2.37. The summed E-state index contributed by atoms with van der Waals surface area (Å²) in [5.41, 5.74) is 1.55. The molecule has 0 aliphatic carbocycles. The second-order valence-electron chi connectivity index (χ2n) is 9.12. The first-order chi connectivity index (χ1) is 21.3. The van der Waals surface area contributed by atoms with Gasteiger partial charge in [0.25, 0.3) is 0 Å². The Morgan fingerprint density at radius 1 is 0.773 bits per heavy atom. The Kier molecular flexibility index (Phi) is 10.5. The molecule has 0 atom stereocenters. The van der Waals surface area contributed by atoms with Crippen molar-refractivity contribution in [3.05, 3.63) is 76.2 Å². The summed E-state index contributed by atoms with van der Waals surface area (Å²) in [6.07, 6.45) is 0. The first-order valence-electron chi connectivity index (χ1n) is 13.2. The van der Waals surface area contributed by atoms with E-state index in [1.807, 2.05) is 12.1 Å². The van der Waals surface area contributed by atoms with Gasteiger partial charge in [-0.05, 0) is 36.4 Å². The number of ether oxygens (including phenoxy) is 6. The summed E-state index contributed by atoms with van der Waals surface area (Å²) >= 11 is 6.12. The van der Waals surface area contributed by atoms with Crippen molar-refractivity contribution >= 4 is 29.1 Å². The zero-order valence-corrected chi connectivity index (χ0v) is 25.8. The summed E-state index contributed by atoms with van der Waals surface area (Å²) in [7, 11) is 8.72. The van der Waals surface area contributed by atoms with Crippen LogP contribution >= 0.6 is 11.6 Å². The maximum Gasteiger partial charge on any atom is 0.359 e. The highest BCUT2D eigenvalue weighted by Gasteiger charge is 2.25. The molecule has 2 N–H and O–H groups in total. The van der Waals surface area contributed by atoms with E-state index in [4.69, 9.17) is 40.0 Å². The van der Waals surface area contributed by atoms with Crippen LogP contribution in [-0.4, -0.2) is 58.6 Å². The van der Waals surface area contributed by atoms with Crippen molar-refractivity contribution in [1.29, 1.82) is 0 Å². The van der Waals surface area contributed by atoms with Gasteiger partial charge in [0.1, 0.15) is 28.7 Å². The van der Waals surface area contributed by atoms with E-state index in [2.05, 4.69) is 20.6 Å². The molecule has 0 bridgehead atoms. The molecule has 0 amide bonds. The zero-order valence-electron chi connectivity index (χ0n) is 25.0. The molecule has 4 aromatic rings. The maximum absolute atomic E-state index is 15.5. The molecule has 0 saturated heterocycles. The van der Waals surface area contributed by atoms with Crippen molar-refractivity contribution in [2.75, 3.05) is 53.3 Å². The van der Waals surface area contributed by atoms with Gasteiger partial charge in [0.15, 0.2) is 28.9 Å². The van der Waals surface area contributed by atoms with Gasteiger partial charge < -0.3 is 39.1 Å². The van der Waals surface area contributed by atoms with Crippen LogP contribution in [0.5, 0.6) is 28.7 Å². The Balaban J connectivity index is 1.84. The van der Waals surface area contributed by atoms with Crippen LogP contribution in [0.25, 0.3) is 11.4 Å². The fraction of sp³-hybridized carbons (Fsp3) is 0.258. The molecule has 3 aromatic carbocycles. The Bertz CT molecular complexity index is 1650. The Morgan fingerprint density at radius 2 is 1.36 bits per heavy atom. The normalized spacial score (nSPS) is 10.5. The summed E-state index contributed by atoms with van der Waals surface area (Å²) in [6.45, 7) is 0.403. The highest BCUT2D eigenvalue weighted by molar-refractivity contribution is 6.32. The topological polar surface area (TPSA) is 122 Å². The number of carbonyl (C=O) groups excluding carboxylic acids is 1. The number of methoxy groups -OCH3 is 6. The van der Waals surface area contributed by atoms with Crippen molar-refractivity contribution in [2.24, 2.45) is 0 Å². The molecular weight excluding hydrogens is 595 g/mol. The van der Waals surface area contributed by atoms with E-state index in [1.54, 1.807) is 52.7 Å². The fourth-order valence-corrected chi connectivity index (χ4v) is 4.59. The van der Waals surface area contributed by atoms with Gasteiger partial charge in [-0.15, -0.1) is 0 Å². The number of aromatic nitrogens is 2. The summed E-state index contributed by atoms with van der Waals surface area (Å²) in [5, 5.41) is 6.54. The first-order valence-corrected chi connectivity index (χ1v) is 13.6. The minimum atomic E-state index is -0.790. The van der Waals surface area contributed by atoms with Crippen LogP contribution in [0.15, 0.2) is 48.5 Å². The average Bonchev–Trinajstić information content (AvgIpc) is 3.05. The molecule has 11 nitrogen and oxygen atoms in total. The standard InChI is InChI=1S/C31H32ClFN4O7/c1-39-19-9-7-17(23(13-19)41-3)15-34-26-27(31(38)44-6)36-29(21-11-12-22(32)28(43-5)25(21)33)37-30(26)35-16-18-8-10-20(40-2)14-24(18)42-4/h7-14,34H,15-16H2,1-6H3,(H,35,36,37). The van der Waals surface area contributed by atoms with Gasteiger partial charge in [-0.1, -0.05) is 11.6 Å². The number of rotatable bonds is 13. The monoisotopic (exact) mass is 626 g/mol. The third-order valence-corrected chi connectivity index (χ3v) is 6.97. The summed E-state index contributed by atoms with van der Waals surface area (Å²) < 4.78 is 47.4. The van der Waals surface area contributed by atoms with E-state index in [0.717, 1.165) is 11.1 Å². The molecule has 1 heterocycles. The predicted octanol–water partition coefficient (Wildman–Crippen LogP) is 5.99. The maximum atomic E-state index is 15.5. The molecule has 0 spiro atoms. The number of carbonyl (C=O) groups is 1. The quantitative estimate of drug-likeness (QED) is 0.170. The van der Waals surface area contributed by atoms with Crippen LogP contribution in [0.2, 0.25) is 5.02 Å². The number of nitrogens with one attached hydrogen (secondary N) is 2. The van der Waals surface area contributed by atoms with E-state index in [-0.39, 0.29) is 52.4 Å². The Labute approximate surface area is 259 Å². The lowest BCUT2D eigenvalue weighted by atomic mass is 10.1. The van der Waals surface area contributed by atoms with Gasteiger partial charge >= 0.3 is 5.97 Å². The zero-order chi connectivity index (χ0) is 31.8. The van der Waals surface area contributed by atoms with Crippen LogP contribution < -0.4 is 34.3 Å². The lowest BCUT2D eigenvalue weighted by Gasteiger charge is -2.19. The van der Waals surface area contributed by atoms with Crippen LogP contribution in [0.1, 0.15) is 21.6 Å².